The predicted octanol–water partition coefficient (Wildman–Crippen LogP) is 4.79. The van der Waals surface area contributed by atoms with Gasteiger partial charge in [0.05, 0.1) is 17.8 Å². The summed E-state index contributed by atoms with van der Waals surface area (Å²) in [5.41, 5.74) is 1.39. The highest BCUT2D eigenvalue weighted by atomic mass is 35.5. The minimum atomic E-state index is -0.400. The number of halogens is 2. The van der Waals surface area contributed by atoms with Crippen LogP contribution in [0.4, 0.5) is 10.5 Å². The first-order valence-electron chi connectivity index (χ1n) is 6.41. The van der Waals surface area contributed by atoms with E-state index in [0.717, 1.165) is 11.3 Å². The number of methoxy groups -OCH3 is 1. The van der Waals surface area contributed by atoms with Gasteiger partial charge in [0.2, 0.25) is 0 Å². The zero-order valence-corrected chi connectivity index (χ0v) is 13.3. The first kappa shape index (κ1) is 16.2. The van der Waals surface area contributed by atoms with Crippen molar-refractivity contribution in [1.29, 1.82) is 0 Å². The van der Waals surface area contributed by atoms with E-state index in [2.05, 4.69) is 10.6 Å². The molecular weight excluding hydrogens is 323 g/mol. The van der Waals surface area contributed by atoms with E-state index in [-0.39, 0.29) is 0 Å². The van der Waals surface area contributed by atoms with Crippen LogP contribution >= 0.6 is 23.2 Å². The molecule has 0 aliphatic carbocycles. The minimum absolute atomic E-state index is 0.374. The first-order valence-corrected chi connectivity index (χ1v) is 7.17. The molecule has 6 heteroatoms. The van der Waals surface area contributed by atoms with Crippen LogP contribution in [0.25, 0.3) is 6.08 Å². The van der Waals surface area contributed by atoms with Gasteiger partial charge < -0.3 is 15.4 Å². The molecule has 0 aliphatic rings. The van der Waals surface area contributed by atoms with Crippen LogP contribution in [0.3, 0.4) is 0 Å². The molecule has 2 aromatic carbocycles. The fraction of sp³-hybridized carbons (Fsp3) is 0.0625. The van der Waals surface area contributed by atoms with Crippen LogP contribution in [0.2, 0.25) is 10.0 Å². The predicted molar refractivity (Wildman–Crippen MR) is 90.6 cm³/mol. The first-order chi connectivity index (χ1) is 10.6. The van der Waals surface area contributed by atoms with Gasteiger partial charge in [-0.05, 0) is 42.0 Å². The van der Waals surface area contributed by atoms with Gasteiger partial charge in [-0.3, -0.25) is 0 Å². The van der Waals surface area contributed by atoms with Crippen molar-refractivity contribution < 1.29 is 9.53 Å². The summed E-state index contributed by atoms with van der Waals surface area (Å²) >= 11 is 11.8. The highest BCUT2D eigenvalue weighted by Gasteiger charge is 2.04. The molecule has 0 fully saturated rings. The molecule has 0 saturated carbocycles. The van der Waals surface area contributed by atoms with Crippen LogP contribution in [0, 0.1) is 0 Å². The van der Waals surface area contributed by atoms with E-state index in [1.165, 1.54) is 6.20 Å². The fourth-order valence-electron chi connectivity index (χ4n) is 1.71. The van der Waals surface area contributed by atoms with Gasteiger partial charge in [0.15, 0.2) is 0 Å². The van der Waals surface area contributed by atoms with E-state index < -0.39 is 6.03 Å². The van der Waals surface area contributed by atoms with Gasteiger partial charge in [0.25, 0.3) is 0 Å². The normalized spacial score (nSPS) is 10.5. The monoisotopic (exact) mass is 336 g/mol. The largest absolute Gasteiger partial charge is 0.497 e. The Labute approximate surface area is 138 Å². The van der Waals surface area contributed by atoms with Crippen molar-refractivity contribution in [2.45, 2.75) is 0 Å². The van der Waals surface area contributed by atoms with Crippen molar-refractivity contribution in [2.24, 2.45) is 0 Å². The summed E-state index contributed by atoms with van der Waals surface area (Å²) in [6, 6.07) is 11.9. The number of carbonyl (C=O) groups is 1. The third-order valence-corrected chi connectivity index (χ3v) is 3.31. The third-order valence-electron chi connectivity index (χ3n) is 2.76. The fourth-order valence-corrected chi connectivity index (χ4v) is 2.16. The Morgan fingerprint density at radius 1 is 1.18 bits per heavy atom. The summed E-state index contributed by atoms with van der Waals surface area (Å²) in [6.45, 7) is 0. The summed E-state index contributed by atoms with van der Waals surface area (Å²) < 4.78 is 5.13. The average Bonchev–Trinajstić information content (AvgIpc) is 2.50. The number of ether oxygens (including phenoxy) is 1. The lowest BCUT2D eigenvalue weighted by Gasteiger charge is -2.07. The van der Waals surface area contributed by atoms with E-state index in [1.807, 2.05) is 24.3 Å². The maximum Gasteiger partial charge on any atom is 0.323 e. The van der Waals surface area contributed by atoms with Gasteiger partial charge in [-0.15, -0.1) is 0 Å². The molecule has 2 N–H and O–H groups in total. The molecule has 0 radical (unpaired) electrons. The maximum absolute atomic E-state index is 11.8. The Morgan fingerprint density at radius 2 is 2.00 bits per heavy atom. The van der Waals surface area contributed by atoms with Gasteiger partial charge in [0, 0.05) is 11.2 Å². The second-order valence-corrected chi connectivity index (χ2v) is 5.18. The molecule has 114 valence electrons. The highest BCUT2D eigenvalue weighted by molar-refractivity contribution is 6.36. The van der Waals surface area contributed by atoms with Crippen molar-refractivity contribution in [3.63, 3.8) is 0 Å². The molecule has 0 unspecified atom stereocenters. The van der Waals surface area contributed by atoms with Crippen LogP contribution in [0.5, 0.6) is 5.75 Å². The van der Waals surface area contributed by atoms with Gasteiger partial charge >= 0.3 is 6.03 Å². The van der Waals surface area contributed by atoms with Crippen LogP contribution < -0.4 is 15.4 Å². The summed E-state index contributed by atoms with van der Waals surface area (Å²) in [5, 5.41) is 6.11. The molecule has 2 amide bonds. The van der Waals surface area contributed by atoms with Crippen LogP contribution in [-0.2, 0) is 0 Å². The Balaban J connectivity index is 1.93. The van der Waals surface area contributed by atoms with Crippen LogP contribution in [0.1, 0.15) is 5.56 Å². The van der Waals surface area contributed by atoms with Crippen molar-refractivity contribution in [2.75, 3.05) is 12.4 Å². The third kappa shape index (κ3) is 4.69. The Hall–Kier alpha value is -2.17. The SMILES string of the molecule is COc1cccc(/C=C/NC(=O)Nc2ccc(Cl)cc2Cl)c1. The molecule has 0 bridgehead atoms. The minimum Gasteiger partial charge on any atom is -0.497 e. The van der Waals surface area contributed by atoms with Crippen molar-refractivity contribution in [3.05, 3.63) is 64.3 Å². The molecule has 0 aromatic heterocycles. The summed E-state index contributed by atoms with van der Waals surface area (Å²) in [6.07, 6.45) is 3.29. The van der Waals surface area contributed by atoms with E-state index in [0.29, 0.717) is 15.7 Å². The zero-order valence-electron chi connectivity index (χ0n) is 11.8. The number of benzene rings is 2. The van der Waals surface area contributed by atoms with Gasteiger partial charge in [0.1, 0.15) is 5.75 Å². The van der Waals surface area contributed by atoms with Crippen LogP contribution in [-0.4, -0.2) is 13.1 Å². The topological polar surface area (TPSA) is 50.4 Å². The lowest BCUT2D eigenvalue weighted by atomic mass is 10.2. The lowest BCUT2D eigenvalue weighted by Crippen LogP contribution is -2.23. The summed E-state index contributed by atoms with van der Waals surface area (Å²) in [4.78, 5) is 11.8. The second-order valence-electron chi connectivity index (χ2n) is 4.33. The Bertz CT molecular complexity index is 702. The number of amides is 2. The van der Waals surface area contributed by atoms with E-state index >= 15 is 0 Å². The number of hydrogen-bond donors (Lipinski definition) is 2. The van der Waals surface area contributed by atoms with Gasteiger partial charge in [-0.25, -0.2) is 4.79 Å². The van der Waals surface area contributed by atoms with E-state index in [9.17, 15) is 4.79 Å². The van der Waals surface area contributed by atoms with E-state index in [1.54, 1.807) is 31.4 Å². The van der Waals surface area contributed by atoms with E-state index in [4.69, 9.17) is 27.9 Å². The average molecular weight is 337 g/mol. The zero-order chi connectivity index (χ0) is 15.9. The number of urea groups is 1. The number of rotatable bonds is 4. The molecule has 0 spiro atoms. The molecule has 2 aromatic rings. The van der Waals surface area contributed by atoms with Crippen molar-refractivity contribution >= 4 is 41.0 Å². The number of hydrogen-bond acceptors (Lipinski definition) is 2. The summed E-state index contributed by atoms with van der Waals surface area (Å²) in [7, 11) is 1.60. The molecule has 22 heavy (non-hydrogen) atoms. The Kier molecular flexibility index (Phi) is 5.69. The van der Waals surface area contributed by atoms with Crippen LogP contribution in [0.15, 0.2) is 48.7 Å². The number of nitrogens with one attached hydrogen (secondary N) is 2. The molecule has 4 nitrogen and oxygen atoms in total. The molecule has 0 aliphatic heterocycles. The second kappa shape index (κ2) is 7.73. The molecule has 2 rings (SSSR count). The Morgan fingerprint density at radius 3 is 2.73 bits per heavy atom. The van der Waals surface area contributed by atoms with Gasteiger partial charge in [-0.2, -0.15) is 0 Å². The molecule has 0 heterocycles. The summed E-state index contributed by atoms with van der Waals surface area (Å²) in [5.74, 6) is 0.750. The molecular formula is C16H14Cl2N2O2. The molecule has 0 atom stereocenters. The molecule has 0 saturated heterocycles. The number of carbonyl (C=O) groups excluding carboxylic acids is 1. The van der Waals surface area contributed by atoms with Crippen molar-refractivity contribution in [1.82, 2.24) is 5.32 Å². The standard InChI is InChI=1S/C16H14Cl2N2O2/c1-22-13-4-2-3-11(9-13)7-8-19-16(21)20-15-6-5-12(17)10-14(15)18/h2-10H,1H3,(H2,19,20,21)/b8-7+. The lowest BCUT2D eigenvalue weighted by molar-refractivity contribution is 0.255. The van der Waals surface area contributed by atoms with Gasteiger partial charge in [-0.1, -0.05) is 35.3 Å². The quantitative estimate of drug-likeness (QED) is 0.842. The maximum atomic E-state index is 11.8. The highest BCUT2D eigenvalue weighted by Crippen LogP contribution is 2.25. The van der Waals surface area contributed by atoms with Crippen molar-refractivity contribution in [3.8, 4) is 5.75 Å². The smallest absolute Gasteiger partial charge is 0.323 e. The number of anilines is 1.